The molecule has 1 amide bonds. The van der Waals surface area contributed by atoms with Crippen LogP contribution in [-0.2, 0) is 35.6 Å². The van der Waals surface area contributed by atoms with E-state index in [-0.39, 0.29) is 51.9 Å². The van der Waals surface area contributed by atoms with E-state index in [1.165, 1.54) is 35.7 Å². The minimum Gasteiger partial charge on any atom is -0.611 e. The van der Waals surface area contributed by atoms with Crippen molar-refractivity contribution in [1.29, 1.82) is 0 Å². The predicted octanol–water partition coefficient (Wildman–Crippen LogP) is 8.22. The number of anilines is 1. The van der Waals surface area contributed by atoms with Crippen molar-refractivity contribution >= 4 is 56.7 Å². The third kappa shape index (κ3) is 8.13. The fourth-order valence-electron chi connectivity index (χ4n) is 5.24. The van der Waals surface area contributed by atoms with Crippen molar-refractivity contribution in [3.63, 3.8) is 0 Å². The van der Waals surface area contributed by atoms with Gasteiger partial charge in [-0.2, -0.15) is 0 Å². The zero-order chi connectivity index (χ0) is 33.1. The highest BCUT2D eigenvalue weighted by Crippen LogP contribution is 2.40. The Morgan fingerprint density at radius 1 is 0.936 bits per heavy atom. The highest BCUT2D eigenvalue weighted by Gasteiger charge is 2.28. The second-order valence-corrected chi connectivity index (χ2v) is 14.9. The number of thiophene rings is 1. The van der Waals surface area contributed by atoms with Gasteiger partial charge >= 0.3 is 0 Å². The molecular formula is C36H38ClF2N3O3S2. The smallest absolute Gasteiger partial charge is 0.245 e. The van der Waals surface area contributed by atoms with E-state index in [1.807, 2.05) is 75.5 Å². The Kier molecular flexibility index (Phi) is 12.0. The third-order valence-corrected chi connectivity index (χ3v) is 10.6. The molecule has 0 spiro atoms. The van der Waals surface area contributed by atoms with Crippen LogP contribution >= 0.6 is 23.7 Å². The van der Waals surface area contributed by atoms with Crippen molar-refractivity contribution in [3.05, 3.63) is 118 Å². The number of aromatic nitrogens is 1. The predicted molar refractivity (Wildman–Crippen MR) is 191 cm³/mol. The number of hydrogen-bond donors (Lipinski definition) is 1. The summed E-state index contributed by atoms with van der Waals surface area (Å²) in [4.78, 5) is 30.1. The molecule has 11 heteroatoms. The topological polar surface area (TPSA) is 77.4 Å². The van der Waals surface area contributed by atoms with Crippen LogP contribution in [0.2, 0.25) is 0 Å². The Balaban J connectivity index is 0.00000500. The summed E-state index contributed by atoms with van der Waals surface area (Å²) >= 11 is -0.297. The number of nitrogens with one attached hydrogen (secondary N) is 1. The van der Waals surface area contributed by atoms with Crippen LogP contribution in [0.15, 0.2) is 88.7 Å². The highest BCUT2D eigenvalue weighted by molar-refractivity contribution is 7.92. The summed E-state index contributed by atoms with van der Waals surface area (Å²) in [6, 6.07) is 21.1. The molecule has 47 heavy (non-hydrogen) atoms. The molecule has 0 fully saturated rings. The normalized spacial score (nSPS) is 12.1. The van der Waals surface area contributed by atoms with E-state index < -0.39 is 22.8 Å². The Hall–Kier alpha value is -3.54. The molecule has 3 aromatic carbocycles. The van der Waals surface area contributed by atoms with Gasteiger partial charge < -0.3 is 14.4 Å². The van der Waals surface area contributed by atoms with Gasteiger partial charge in [-0.15, -0.1) is 23.7 Å². The molecule has 0 saturated carbocycles. The molecule has 0 aliphatic rings. The number of pyridine rings is 1. The zero-order valence-corrected chi connectivity index (χ0v) is 29.3. The van der Waals surface area contributed by atoms with Gasteiger partial charge in [-0.05, 0) is 73.0 Å². The number of benzene rings is 3. The fraction of sp³-hybridized carbons (Fsp3) is 0.278. The number of hydrogen-bond acceptors (Lipinski definition) is 5. The molecule has 248 valence electrons. The summed E-state index contributed by atoms with van der Waals surface area (Å²) in [5.74, 6) is -1.67. The molecule has 0 aliphatic heterocycles. The average Bonchev–Trinajstić information content (AvgIpc) is 3.40. The van der Waals surface area contributed by atoms with Crippen LogP contribution in [-0.4, -0.2) is 32.2 Å². The van der Waals surface area contributed by atoms with Crippen LogP contribution in [0.1, 0.15) is 44.4 Å². The molecule has 0 aliphatic carbocycles. The lowest BCUT2D eigenvalue weighted by Gasteiger charge is -2.19. The third-order valence-electron chi connectivity index (χ3n) is 7.67. The monoisotopic (exact) mass is 697 g/mol. The average molecular weight is 698 g/mol. The van der Waals surface area contributed by atoms with Crippen LogP contribution in [0.3, 0.4) is 0 Å². The maximum atomic E-state index is 14.9. The zero-order valence-electron chi connectivity index (χ0n) is 26.9. The fourth-order valence-corrected chi connectivity index (χ4v) is 7.55. The summed E-state index contributed by atoms with van der Waals surface area (Å²) in [6.07, 6.45) is 1.49. The maximum Gasteiger partial charge on any atom is 0.245 e. The molecule has 1 unspecified atom stereocenters. The van der Waals surface area contributed by atoms with Crippen molar-refractivity contribution in [2.24, 2.45) is 5.92 Å². The molecule has 1 N–H and O–H groups in total. The second-order valence-electron chi connectivity index (χ2n) is 12.0. The molecule has 5 rings (SSSR count). The number of amides is 1. The van der Waals surface area contributed by atoms with Crippen molar-refractivity contribution < 1.29 is 18.1 Å². The van der Waals surface area contributed by atoms with Crippen molar-refractivity contribution in [1.82, 2.24) is 9.47 Å². The van der Waals surface area contributed by atoms with Crippen LogP contribution < -0.4 is 10.7 Å². The van der Waals surface area contributed by atoms with Gasteiger partial charge in [0.25, 0.3) is 0 Å². The van der Waals surface area contributed by atoms with E-state index in [1.54, 1.807) is 18.4 Å². The first kappa shape index (κ1) is 36.3. The van der Waals surface area contributed by atoms with Crippen LogP contribution in [0.5, 0.6) is 0 Å². The summed E-state index contributed by atoms with van der Waals surface area (Å²) in [7, 11) is 1.97. The van der Waals surface area contributed by atoms with Crippen molar-refractivity contribution in [2.45, 2.75) is 57.5 Å². The second kappa shape index (κ2) is 15.6. The summed E-state index contributed by atoms with van der Waals surface area (Å²) in [6.45, 7) is 8.01. The number of fused-ring (bicyclic) bond motifs is 1. The Morgan fingerprint density at radius 3 is 2.17 bits per heavy atom. The van der Waals surface area contributed by atoms with Gasteiger partial charge in [0.2, 0.25) is 16.2 Å². The molecule has 0 saturated heterocycles. The highest BCUT2D eigenvalue weighted by atomic mass is 35.5. The van der Waals surface area contributed by atoms with Gasteiger partial charge in [-0.25, -0.2) is 8.78 Å². The number of carbonyl (C=O) groups is 1. The molecule has 0 bridgehead atoms. The first-order valence-electron chi connectivity index (χ1n) is 15.1. The number of halogens is 3. The minimum absolute atomic E-state index is 0. The van der Waals surface area contributed by atoms with Crippen molar-refractivity contribution in [2.75, 3.05) is 12.4 Å². The van der Waals surface area contributed by atoms with E-state index in [0.29, 0.717) is 29.0 Å². The number of carbonyl (C=O) groups excluding carboxylic acids is 1. The lowest BCUT2D eigenvalue weighted by atomic mass is 10.0. The lowest BCUT2D eigenvalue weighted by Crippen LogP contribution is -2.25. The molecular weight excluding hydrogens is 660 g/mol. The molecule has 2 heterocycles. The SMILES string of the molecule is CC(C)C(=O)Nc1ccc(-c2sc3c(c2CN(C)Cc2ccccc2)c(=O)c([S+]([O-])C(C)C)cn3Cc2c(F)cccc2F)cc1.Cl. The Morgan fingerprint density at radius 2 is 1.57 bits per heavy atom. The Bertz CT molecular complexity index is 1890. The first-order chi connectivity index (χ1) is 21.9. The van der Waals surface area contributed by atoms with Crippen molar-refractivity contribution in [3.8, 4) is 10.4 Å². The summed E-state index contributed by atoms with van der Waals surface area (Å²) in [5, 5.41) is 2.95. The van der Waals surface area contributed by atoms with E-state index in [0.717, 1.165) is 21.6 Å². The van der Waals surface area contributed by atoms with E-state index in [9.17, 15) is 22.9 Å². The van der Waals surface area contributed by atoms with E-state index in [2.05, 4.69) is 10.2 Å². The molecule has 2 aromatic heterocycles. The standard InChI is InChI=1S/C36H37F2N3O3S2.ClH/c1-22(2)35(43)39-26-16-14-25(15-17-26)34-28(19-40(5)18-24-10-7-6-8-11-24)32-33(42)31(46(44)23(3)4)21-41(36(32)45-34)20-27-29(37)12-9-13-30(27)38;/h6-17,21-23H,18-20H2,1-5H3,(H,39,43);1H. The molecule has 5 aromatic rings. The van der Waals surface area contributed by atoms with Crippen LogP contribution in [0.25, 0.3) is 20.7 Å². The van der Waals surface area contributed by atoms with E-state index in [4.69, 9.17) is 0 Å². The molecule has 0 radical (unpaired) electrons. The summed E-state index contributed by atoms with van der Waals surface area (Å²) < 4.78 is 44.9. The van der Waals surface area contributed by atoms with E-state index >= 15 is 0 Å². The van der Waals surface area contributed by atoms with Gasteiger partial charge in [-0.3, -0.25) is 14.5 Å². The number of rotatable bonds is 11. The maximum absolute atomic E-state index is 14.9. The van der Waals surface area contributed by atoms with Gasteiger partial charge in [0.15, 0.2) is 0 Å². The molecule has 1 atom stereocenters. The van der Waals surface area contributed by atoms with Crippen LogP contribution in [0.4, 0.5) is 14.5 Å². The largest absolute Gasteiger partial charge is 0.611 e. The number of nitrogens with zero attached hydrogens (tertiary/aromatic N) is 2. The quantitative estimate of drug-likeness (QED) is 0.141. The first-order valence-corrected chi connectivity index (χ1v) is 17.1. The van der Waals surface area contributed by atoms with Gasteiger partial charge in [-0.1, -0.05) is 62.4 Å². The minimum atomic E-state index is -1.65. The van der Waals surface area contributed by atoms with Gasteiger partial charge in [0.1, 0.15) is 21.7 Å². The summed E-state index contributed by atoms with van der Waals surface area (Å²) in [5.41, 5.74) is 2.82. The Labute approximate surface area is 287 Å². The lowest BCUT2D eigenvalue weighted by molar-refractivity contribution is -0.118. The van der Waals surface area contributed by atoms with Gasteiger partial charge in [0.05, 0.1) is 18.1 Å². The van der Waals surface area contributed by atoms with Gasteiger partial charge in [0, 0.05) is 35.1 Å². The van der Waals surface area contributed by atoms with Crippen LogP contribution in [0, 0.1) is 17.6 Å². The molecule has 6 nitrogen and oxygen atoms in total.